The standard InChI is InChI=1S/C20H24N4O3/c1-13(17(26)16-18(20(2,3)4)22-11-21-16)24-19(27)15(23-12-25)10-14-8-6-5-7-9-14/h5-12,26H,1-4H3,(H,21,22)(H,23,25)(H,24,27)/b15-10-,17-13+. The van der Waals surface area contributed by atoms with E-state index in [-0.39, 0.29) is 22.6 Å². The minimum Gasteiger partial charge on any atom is -0.504 e. The van der Waals surface area contributed by atoms with Crippen molar-refractivity contribution in [1.82, 2.24) is 20.6 Å². The Morgan fingerprint density at radius 1 is 1.22 bits per heavy atom. The fraction of sp³-hybridized carbons (Fsp3) is 0.250. The largest absolute Gasteiger partial charge is 0.504 e. The van der Waals surface area contributed by atoms with Crippen LogP contribution in [0.5, 0.6) is 0 Å². The van der Waals surface area contributed by atoms with Crippen molar-refractivity contribution in [2.75, 3.05) is 0 Å². The van der Waals surface area contributed by atoms with Crippen molar-refractivity contribution >= 4 is 24.2 Å². The lowest BCUT2D eigenvalue weighted by atomic mass is 9.90. The Morgan fingerprint density at radius 2 is 1.89 bits per heavy atom. The molecule has 0 aliphatic carbocycles. The second-order valence-electron chi connectivity index (χ2n) is 7.03. The quantitative estimate of drug-likeness (QED) is 0.357. The third-order valence-electron chi connectivity index (χ3n) is 3.84. The van der Waals surface area contributed by atoms with Gasteiger partial charge in [0.2, 0.25) is 6.41 Å². The number of nitrogens with one attached hydrogen (secondary N) is 3. The minimum atomic E-state index is -0.553. The van der Waals surface area contributed by atoms with Gasteiger partial charge >= 0.3 is 0 Å². The molecule has 2 amide bonds. The number of aliphatic hydroxyl groups is 1. The van der Waals surface area contributed by atoms with E-state index in [1.807, 2.05) is 39.0 Å². The monoisotopic (exact) mass is 368 g/mol. The van der Waals surface area contributed by atoms with Crippen molar-refractivity contribution in [3.63, 3.8) is 0 Å². The number of rotatable bonds is 6. The van der Waals surface area contributed by atoms with E-state index in [0.717, 1.165) is 11.3 Å². The van der Waals surface area contributed by atoms with Gasteiger partial charge in [0, 0.05) is 5.41 Å². The molecule has 7 heteroatoms. The molecule has 0 unspecified atom stereocenters. The average molecular weight is 368 g/mol. The van der Waals surface area contributed by atoms with Crippen LogP contribution in [0.25, 0.3) is 11.8 Å². The Kier molecular flexibility index (Phi) is 6.18. The second-order valence-corrected chi connectivity index (χ2v) is 7.03. The predicted molar refractivity (Wildman–Crippen MR) is 104 cm³/mol. The van der Waals surface area contributed by atoms with Gasteiger partial charge in [-0.15, -0.1) is 0 Å². The first kappa shape index (κ1) is 20.0. The molecule has 0 saturated heterocycles. The summed E-state index contributed by atoms with van der Waals surface area (Å²) in [5, 5.41) is 15.5. The summed E-state index contributed by atoms with van der Waals surface area (Å²) in [5.41, 5.74) is 1.90. The van der Waals surface area contributed by atoms with E-state index < -0.39 is 5.91 Å². The zero-order valence-electron chi connectivity index (χ0n) is 15.8. The number of nitrogens with zero attached hydrogens (tertiary/aromatic N) is 1. The molecule has 142 valence electrons. The number of allylic oxidation sites excluding steroid dienone is 1. The van der Waals surface area contributed by atoms with Crippen LogP contribution in [-0.4, -0.2) is 27.4 Å². The Balaban J connectivity index is 2.29. The van der Waals surface area contributed by atoms with Crippen molar-refractivity contribution in [3.05, 3.63) is 65.0 Å². The third-order valence-corrected chi connectivity index (χ3v) is 3.84. The van der Waals surface area contributed by atoms with Crippen LogP contribution >= 0.6 is 0 Å². The molecule has 2 rings (SSSR count). The van der Waals surface area contributed by atoms with E-state index in [1.165, 1.54) is 6.33 Å². The van der Waals surface area contributed by atoms with Crippen molar-refractivity contribution in [2.24, 2.45) is 0 Å². The lowest BCUT2D eigenvalue weighted by Crippen LogP contribution is -2.30. The van der Waals surface area contributed by atoms with E-state index in [0.29, 0.717) is 12.1 Å². The number of hydrogen-bond donors (Lipinski definition) is 4. The van der Waals surface area contributed by atoms with Crippen molar-refractivity contribution < 1.29 is 14.7 Å². The molecule has 0 aliphatic rings. The summed E-state index contributed by atoms with van der Waals surface area (Å²) in [5.74, 6) is -0.692. The molecule has 0 atom stereocenters. The molecule has 7 nitrogen and oxygen atoms in total. The fourth-order valence-electron chi connectivity index (χ4n) is 2.47. The van der Waals surface area contributed by atoms with Gasteiger partial charge in [-0.3, -0.25) is 9.59 Å². The van der Waals surface area contributed by atoms with Gasteiger partial charge in [-0.1, -0.05) is 51.1 Å². The summed E-state index contributed by atoms with van der Waals surface area (Å²) in [7, 11) is 0. The van der Waals surface area contributed by atoms with Crippen LogP contribution in [-0.2, 0) is 15.0 Å². The molecule has 0 fully saturated rings. The van der Waals surface area contributed by atoms with Gasteiger partial charge in [0.15, 0.2) is 5.76 Å². The highest BCUT2D eigenvalue weighted by Crippen LogP contribution is 2.27. The molecular formula is C20H24N4O3. The Bertz CT molecular complexity index is 874. The maximum absolute atomic E-state index is 12.5. The van der Waals surface area contributed by atoms with E-state index in [1.54, 1.807) is 25.1 Å². The molecule has 0 radical (unpaired) electrons. The maximum Gasteiger partial charge on any atom is 0.272 e. The number of aromatic nitrogens is 2. The molecule has 0 saturated carbocycles. The molecule has 1 aromatic heterocycles. The highest BCUT2D eigenvalue weighted by molar-refractivity contribution is 6.00. The van der Waals surface area contributed by atoms with Crippen LogP contribution in [0.15, 0.2) is 48.1 Å². The van der Waals surface area contributed by atoms with Crippen molar-refractivity contribution in [2.45, 2.75) is 33.1 Å². The Morgan fingerprint density at radius 3 is 2.48 bits per heavy atom. The number of imidazole rings is 1. The summed E-state index contributed by atoms with van der Waals surface area (Å²) in [4.78, 5) is 30.6. The smallest absolute Gasteiger partial charge is 0.272 e. The molecule has 27 heavy (non-hydrogen) atoms. The molecule has 1 aromatic carbocycles. The average Bonchev–Trinajstić information content (AvgIpc) is 3.11. The molecule has 0 aliphatic heterocycles. The lowest BCUT2D eigenvalue weighted by molar-refractivity contribution is -0.118. The van der Waals surface area contributed by atoms with Gasteiger partial charge in [-0.05, 0) is 18.6 Å². The summed E-state index contributed by atoms with van der Waals surface area (Å²) in [6, 6.07) is 9.11. The molecule has 1 heterocycles. The van der Waals surface area contributed by atoms with Crippen molar-refractivity contribution in [1.29, 1.82) is 0 Å². The van der Waals surface area contributed by atoms with Gasteiger partial charge in [-0.25, -0.2) is 4.98 Å². The van der Waals surface area contributed by atoms with E-state index in [2.05, 4.69) is 20.6 Å². The predicted octanol–water partition coefficient (Wildman–Crippen LogP) is 2.86. The number of aliphatic hydroxyl groups excluding tert-OH is 1. The normalized spacial score (nSPS) is 13.0. The number of aromatic amines is 1. The third kappa shape index (κ3) is 5.07. The van der Waals surface area contributed by atoms with Crippen LogP contribution in [0.3, 0.4) is 0 Å². The van der Waals surface area contributed by atoms with Gasteiger partial charge in [-0.2, -0.15) is 0 Å². The number of hydrogen-bond acceptors (Lipinski definition) is 4. The van der Waals surface area contributed by atoms with Crippen LogP contribution in [0.4, 0.5) is 0 Å². The van der Waals surface area contributed by atoms with Crippen LogP contribution in [0, 0.1) is 0 Å². The number of amides is 2. The highest BCUT2D eigenvalue weighted by Gasteiger charge is 2.24. The molecule has 2 aromatic rings. The van der Waals surface area contributed by atoms with E-state index in [4.69, 9.17) is 0 Å². The first-order valence-electron chi connectivity index (χ1n) is 8.46. The SMILES string of the molecule is C/C(NC(=O)/C(=C/c1ccccc1)NC=O)=C(\O)c1nc[nH]c1C(C)(C)C. The lowest BCUT2D eigenvalue weighted by Gasteiger charge is -2.18. The summed E-state index contributed by atoms with van der Waals surface area (Å²) >= 11 is 0. The van der Waals surface area contributed by atoms with Gasteiger partial charge in [0.25, 0.3) is 5.91 Å². The highest BCUT2D eigenvalue weighted by atomic mass is 16.3. The van der Waals surface area contributed by atoms with Crippen LogP contribution in [0.1, 0.15) is 44.6 Å². The number of benzene rings is 1. The minimum absolute atomic E-state index is 0.0569. The van der Waals surface area contributed by atoms with E-state index in [9.17, 15) is 14.7 Å². The fourth-order valence-corrected chi connectivity index (χ4v) is 2.47. The molecule has 4 N–H and O–H groups in total. The zero-order valence-corrected chi connectivity index (χ0v) is 15.8. The Labute approximate surface area is 158 Å². The topological polar surface area (TPSA) is 107 Å². The Hall–Kier alpha value is -3.35. The van der Waals surface area contributed by atoms with Gasteiger partial charge in [0.05, 0.1) is 17.7 Å². The molecule has 0 bridgehead atoms. The van der Waals surface area contributed by atoms with Gasteiger partial charge < -0.3 is 20.7 Å². The van der Waals surface area contributed by atoms with Crippen molar-refractivity contribution in [3.8, 4) is 0 Å². The molecular weight excluding hydrogens is 344 g/mol. The number of carbonyl (C=O) groups is 2. The summed E-state index contributed by atoms with van der Waals surface area (Å²) in [6.45, 7) is 7.52. The van der Waals surface area contributed by atoms with Gasteiger partial charge in [0.1, 0.15) is 11.4 Å². The van der Waals surface area contributed by atoms with Crippen LogP contribution < -0.4 is 10.6 Å². The maximum atomic E-state index is 12.5. The zero-order chi connectivity index (χ0) is 20.0. The summed E-state index contributed by atoms with van der Waals surface area (Å²) < 4.78 is 0. The van der Waals surface area contributed by atoms with Crippen LogP contribution in [0.2, 0.25) is 0 Å². The first-order valence-corrected chi connectivity index (χ1v) is 8.46. The second kappa shape index (κ2) is 8.35. The molecule has 0 spiro atoms. The summed E-state index contributed by atoms with van der Waals surface area (Å²) in [6.07, 6.45) is 3.47. The first-order chi connectivity index (χ1) is 12.7. The number of carbonyl (C=O) groups excluding carboxylic acids is 2. The van der Waals surface area contributed by atoms with E-state index >= 15 is 0 Å². The number of H-pyrrole nitrogens is 1.